The van der Waals surface area contributed by atoms with Crippen LogP contribution in [-0.2, 0) is 34.7 Å². The Balaban J connectivity index is 1.91. The van der Waals surface area contributed by atoms with Crippen LogP contribution >= 0.6 is 23.4 Å². The van der Waals surface area contributed by atoms with Crippen LogP contribution in [0.3, 0.4) is 0 Å². The number of benzene rings is 1. The molecule has 1 amide bonds. The molecule has 2 atom stereocenters. The standard InChI is InChI=1S/C17H16ClNO6S2/c1-10(20)25-7-12-9-27(23,24)16-13(18)15(21)19(16)14(12)17(22)26-8-11-5-3-2-4-6-11/h2-6,13,16H,7-9H2,1H3/t13-,16+/m0/s1. The van der Waals surface area contributed by atoms with Gasteiger partial charge in [0.2, 0.25) is 11.0 Å². The molecular weight excluding hydrogens is 414 g/mol. The normalized spacial score (nSPS) is 23.5. The number of fused-ring (bicyclic) bond motifs is 1. The first kappa shape index (κ1) is 19.9. The molecule has 144 valence electrons. The molecule has 0 bridgehead atoms. The highest BCUT2D eigenvalue weighted by Crippen LogP contribution is 2.41. The molecule has 0 aromatic heterocycles. The molecule has 7 nitrogen and oxygen atoms in total. The van der Waals surface area contributed by atoms with Crippen LogP contribution in [0, 0.1) is 0 Å². The molecule has 0 unspecified atom stereocenters. The molecular formula is C17H16ClNO6S2. The third kappa shape index (κ3) is 3.90. The number of thioether (sulfide) groups is 1. The minimum absolute atomic E-state index is 0.0427. The first-order valence-electron chi connectivity index (χ1n) is 7.97. The average Bonchev–Trinajstić information content (AvgIpc) is 2.63. The van der Waals surface area contributed by atoms with Gasteiger partial charge in [-0.1, -0.05) is 42.1 Å². The Morgan fingerprint density at radius 3 is 2.59 bits per heavy atom. The fourth-order valence-electron chi connectivity index (χ4n) is 2.91. The molecule has 0 spiro atoms. The molecule has 10 heteroatoms. The number of nitrogens with zero attached hydrogens (tertiary/aromatic N) is 1. The molecule has 1 saturated heterocycles. The molecule has 0 N–H and O–H groups in total. The summed E-state index contributed by atoms with van der Waals surface area (Å²) in [5.74, 6) is -1.39. The van der Waals surface area contributed by atoms with Crippen molar-refractivity contribution < 1.29 is 27.5 Å². The SMILES string of the molecule is CC(=O)OCC1=C(C(=O)SCc2ccccc2)N2C(=O)[C@H](Cl)[C@H]2S(=O)(=O)C1. The van der Waals surface area contributed by atoms with E-state index in [4.69, 9.17) is 16.3 Å². The van der Waals surface area contributed by atoms with Crippen molar-refractivity contribution in [1.29, 1.82) is 0 Å². The van der Waals surface area contributed by atoms with Crippen molar-refractivity contribution in [1.82, 2.24) is 4.90 Å². The van der Waals surface area contributed by atoms with Gasteiger partial charge in [-0.2, -0.15) is 0 Å². The van der Waals surface area contributed by atoms with Crippen molar-refractivity contribution >= 4 is 50.2 Å². The van der Waals surface area contributed by atoms with Gasteiger partial charge >= 0.3 is 5.97 Å². The van der Waals surface area contributed by atoms with Gasteiger partial charge in [0, 0.05) is 18.2 Å². The Morgan fingerprint density at radius 1 is 1.30 bits per heavy atom. The van der Waals surface area contributed by atoms with Gasteiger partial charge in [0.05, 0.1) is 5.75 Å². The Hall–Kier alpha value is -1.84. The number of rotatable bonds is 5. The van der Waals surface area contributed by atoms with Crippen LogP contribution in [0.1, 0.15) is 12.5 Å². The van der Waals surface area contributed by atoms with Crippen LogP contribution in [0.15, 0.2) is 41.6 Å². The zero-order valence-electron chi connectivity index (χ0n) is 14.3. The summed E-state index contributed by atoms with van der Waals surface area (Å²) in [6.07, 6.45) is 0. The van der Waals surface area contributed by atoms with Gasteiger partial charge < -0.3 is 4.74 Å². The number of ether oxygens (including phenoxy) is 1. The average molecular weight is 430 g/mol. The van der Waals surface area contributed by atoms with E-state index in [0.717, 1.165) is 22.2 Å². The largest absolute Gasteiger partial charge is 0.461 e. The van der Waals surface area contributed by atoms with E-state index in [1.807, 2.05) is 30.3 Å². The molecule has 1 aromatic rings. The topological polar surface area (TPSA) is 97.8 Å². The highest BCUT2D eigenvalue weighted by atomic mass is 35.5. The number of carbonyl (C=O) groups is 3. The van der Waals surface area contributed by atoms with Crippen molar-refractivity contribution in [3.05, 3.63) is 47.2 Å². The first-order chi connectivity index (χ1) is 12.7. The van der Waals surface area contributed by atoms with Crippen LogP contribution in [0.2, 0.25) is 0 Å². The van der Waals surface area contributed by atoms with Crippen LogP contribution < -0.4 is 0 Å². The van der Waals surface area contributed by atoms with Gasteiger partial charge in [-0.25, -0.2) is 8.42 Å². The second-order valence-corrected chi connectivity index (χ2v) is 9.62. The highest BCUT2D eigenvalue weighted by Gasteiger charge is 2.59. The number of hydrogen-bond acceptors (Lipinski definition) is 7. The van der Waals surface area contributed by atoms with Crippen molar-refractivity contribution in [2.24, 2.45) is 0 Å². The molecule has 1 aromatic carbocycles. The highest BCUT2D eigenvalue weighted by molar-refractivity contribution is 8.13. The molecule has 27 heavy (non-hydrogen) atoms. The van der Waals surface area contributed by atoms with Gasteiger partial charge in [0.25, 0.3) is 0 Å². The maximum absolute atomic E-state index is 12.8. The van der Waals surface area contributed by atoms with Crippen LogP contribution in [0.25, 0.3) is 0 Å². The minimum Gasteiger partial charge on any atom is -0.461 e. The zero-order valence-corrected chi connectivity index (χ0v) is 16.6. The molecule has 1 fully saturated rings. The van der Waals surface area contributed by atoms with Gasteiger partial charge in [-0.05, 0) is 5.56 Å². The number of alkyl halides is 1. The quantitative estimate of drug-likeness (QED) is 0.397. The number of amides is 1. The van der Waals surface area contributed by atoms with Gasteiger partial charge in [-0.3, -0.25) is 19.3 Å². The van der Waals surface area contributed by atoms with E-state index in [2.05, 4.69) is 0 Å². The van der Waals surface area contributed by atoms with E-state index < -0.39 is 43.3 Å². The first-order valence-corrected chi connectivity index (χ1v) is 11.1. The summed E-state index contributed by atoms with van der Waals surface area (Å²) in [4.78, 5) is 37.0. The van der Waals surface area contributed by atoms with E-state index in [0.29, 0.717) is 5.75 Å². The lowest BCUT2D eigenvalue weighted by Crippen LogP contribution is -2.68. The summed E-state index contributed by atoms with van der Waals surface area (Å²) in [5.41, 5.74) is 0.950. The monoisotopic (exact) mass is 429 g/mol. The smallest absolute Gasteiger partial charge is 0.302 e. The summed E-state index contributed by atoms with van der Waals surface area (Å²) >= 11 is 6.83. The third-order valence-corrected chi connectivity index (χ3v) is 7.63. The van der Waals surface area contributed by atoms with E-state index in [-0.39, 0.29) is 17.9 Å². The summed E-state index contributed by atoms with van der Waals surface area (Å²) in [6, 6.07) is 9.24. The molecule has 2 aliphatic rings. The predicted octanol–water partition coefficient (Wildman–Crippen LogP) is 1.47. The second-order valence-electron chi connectivity index (χ2n) is 6.10. The summed E-state index contributed by atoms with van der Waals surface area (Å²) in [6.45, 7) is 0.806. The number of carbonyl (C=O) groups excluding carboxylic acids is 3. The Bertz CT molecular complexity index is 928. The lowest BCUT2D eigenvalue weighted by Gasteiger charge is -2.47. The van der Waals surface area contributed by atoms with Crippen molar-refractivity contribution in [2.75, 3.05) is 12.4 Å². The summed E-state index contributed by atoms with van der Waals surface area (Å²) in [5, 5.41) is -2.94. The van der Waals surface area contributed by atoms with E-state index in [1.165, 1.54) is 6.92 Å². The molecule has 0 saturated carbocycles. The Kier molecular flexibility index (Phi) is 5.64. The Labute approximate surface area is 165 Å². The summed E-state index contributed by atoms with van der Waals surface area (Å²) in [7, 11) is -3.77. The molecule has 2 aliphatic heterocycles. The van der Waals surface area contributed by atoms with Crippen molar-refractivity contribution in [2.45, 2.75) is 23.4 Å². The fraction of sp³-hybridized carbons (Fsp3) is 0.353. The van der Waals surface area contributed by atoms with Crippen molar-refractivity contribution in [3.8, 4) is 0 Å². The second kappa shape index (κ2) is 7.65. The lowest BCUT2D eigenvalue weighted by molar-refractivity contribution is -0.140. The fourth-order valence-corrected chi connectivity index (χ4v) is 6.35. The van der Waals surface area contributed by atoms with Crippen LogP contribution in [0.5, 0.6) is 0 Å². The minimum atomic E-state index is -3.77. The molecule has 3 rings (SSSR count). The predicted molar refractivity (Wildman–Crippen MR) is 100 cm³/mol. The Morgan fingerprint density at radius 2 is 1.96 bits per heavy atom. The number of hydrogen-bond donors (Lipinski definition) is 0. The van der Waals surface area contributed by atoms with E-state index in [1.54, 1.807) is 0 Å². The lowest BCUT2D eigenvalue weighted by atomic mass is 10.1. The van der Waals surface area contributed by atoms with E-state index in [9.17, 15) is 22.8 Å². The zero-order chi connectivity index (χ0) is 19.8. The van der Waals surface area contributed by atoms with Gasteiger partial charge in [-0.15, -0.1) is 11.6 Å². The van der Waals surface area contributed by atoms with Gasteiger partial charge in [0.1, 0.15) is 17.7 Å². The number of β-lactam (4-membered cyclic amide) rings is 1. The molecule has 0 aliphatic carbocycles. The van der Waals surface area contributed by atoms with Crippen LogP contribution in [-0.4, -0.2) is 53.4 Å². The number of sulfone groups is 1. The maximum atomic E-state index is 12.8. The number of halogens is 1. The molecule has 0 radical (unpaired) electrons. The van der Waals surface area contributed by atoms with Crippen LogP contribution in [0.4, 0.5) is 0 Å². The van der Waals surface area contributed by atoms with E-state index >= 15 is 0 Å². The number of esters is 1. The van der Waals surface area contributed by atoms with Gasteiger partial charge in [0.15, 0.2) is 15.2 Å². The molecule has 2 heterocycles. The van der Waals surface area contributed by atoms with Crippen molar-refractivity contribution in [3.63, 3.8) is 0 Å². The summed E-state index contributed by atoms with van der Waals surface area (Å²) < 4.78 is 29.8. The maximum Gasteiger partial charge on any atom is 0.302 e. The third-order valence-electron chi connectivity index (χ3n) is 4.15.